The summed E-state index contributed by atoms with van der Waals surface area (Å²) in [4.78, 5) is 4.66. The largest absolute Gasteiger partial charge is 0.396 e. The Morgan fingerprint density at radius 1 is 1.27 bits per heavy atom. The van der Waals surface area contributed by atoms with E-state index in [1.165, 1.54) is 12.1 Å². The number of aliphatic hydroxyl groups excluding tert-OH is 1. The van der Waals surface area contributed by atoms with Crippen molar-refractivity contribution in [1.82, 2.24) is 10.1 Å². The van der Waals surface area contributed by atoms with Crippen molar-refractivity contribution in [3.8, 4) is 0 Å². The fourth-order valence-electron chi connectivity index (χ4n) is 3.73. The molecule has 0 unspecified atom stereocenters. The van der Waals surface area contributed by atoms with E-state index >= 15 is 0 Å². The van der Waals surface area contributed by atoms with Crippen LogP contribution in [0.4, 0.5) is 10.2 Å². The second kappa shape index (κ2) is 5.52. The van der Waals surface area contributed by atoms with Gasteiger partial charge >= 0.3 is 0 Å². The van der Waals surface area contributed by atoms with Crippen LogP contribution in [-0.2, 0) is 0 Å². The van der Waals surface area contributed by atoms with Gasteiger partial charge in [0.05, 0.1) is 5.39 Å². The molecule has 0 bridgehead atoms. The third-order valence-corrected chi connectivity index (χ3v) is 4.98. The quantitative estimate of drug-likeness (QED) is 0.918. The number of nitrogens with zero attached hydrogens (tertiary/aromatic N) is 3. The second-order valence-electron chi connectivity index (χ2n) is 6.37. The molecule has 2 aromatic rings. The van der Waals surface area contributed by atoms with Crippen LogP contribution in [0.2, 0.25) is 0 Å². The van der Waals surface area contributed by atoms with Crippen molar-refractivity contribution in [3.05, 3.63) is 24.0 Å². The van der Waals surface area contributed by atoms with Crippen LogP contribution in [-0.4, -0.2) is 54.0 Å². The minimum Gasteiger partial charge on any atom is -0.396 e. The number of aromatic nitrogens is 1. The van der Waals surface area contributed by atoms with Crippen molar-refractivity contribution in [3.63, 3.8) is 0 Å². The summed E-state index contributed by atoms with van der Waals surface area (Å²) < 4.78 is 18.8. The zero-order valence-corrected chi connectivity index (χ0v) is 12.4. The minimum absolute atomic E-state index is 0.265. The van der Waals surface area contributed by atoms with Gasteiger partial charge in [0.25, 0.3) is 0 Å². The predicted octanol–water partition coefficient (Wildman–Crippen LogP) is 1.86. The van der Waals surface area contributed by atoms with Crippen molar-refractivity contribution in [1.29, 1.82) is 0 Å². The average molecular weight is 305 g/mol. The predicted molar refractivity (Wildman–Crippen MR) is 81.4 cm³/mol. The highest BCUT2D eigenvalue weighted by Crippen LogP contribution is 2.31. The van der Waals surface area contributed by atoms with E-state index in [-0.39, 0.29) is 12.4 Å². The van der Waals surface area contributed by atoms with E-state index in [0.29, 0.717) is 17.5 Å². The van der Waals surface area contributed by atoms with Gasteiger partial charge in [-0.3, -0.25) is 4.90 Å². The lowest BCUT2D eigenvalue weighted by Gasteiger charge is -2.46. The van der Waals surface area contributed by atoms with Gasteiger partial charge in [-0.1, -0.05) is 5.16 Å². The number of anilines is 1. The maximum Gasteiger partial charge on any atom is 0.180 e. The molecule has 2 fully saturated rings. The summed E-state index contributed by atoms with van der Waals surface area (Å²) in [6.45, 7) is 3.94. The van der Waals surface area contributed by atoms with Gasteiger partial charge in [-0.15, -0.1) is 0 Å². The SMILES string of the molecule is OC[C@H]1CC[C@H]2CN(c3noc4ccc(F)cc34)CCN2C1. The lowest BCUT2D eigenvalue weighted by molar-refractivity contribution is 0.0672. The summed E-state index contributed by atoms with van der Waals surface area (Å²) in [5, 5.41) is 14.2. The number of aliphatic hydroxyl groups is 1. The van der Waals surface area contributed by atoms with Gasteiger partial charge in [0.1, 0.15) is 5.82 Å². The topological polar surface area (TPSA) is 52.7 Å². The van der Waals surface area contributed by atoms with Crippen LogP contribution < -0.4 is 4.90 Å². The van der Waals surface area contributed by atoms with E-state index < -0.39 is 0 Å². The number of hydrogen-bond acceptors (Lipinski definition) is 5. The fraction of sp³-hybridized carbons (Fsp3) is 0.562. The summed E-state index contributed by atoms with van der Waals surface area (Å²) in [6.07, 6.45) is 2.16. The number of piperidine rings is 1. The van der Waals surface area contributed by atoms with Crippen LogP contribution in [0.25, 0.3) is 11.0 Å². The number of benzene rings is 1. The molecule has 2 atom stereocenters. The van der Waals surface area contributed by atoms with Gasteiger partial charge in [-0.25, -0.2) is 4.39 Å². The fourth-order valence-corrected chi connectivity index (χ4v) is 3.73. The number of halogens is 1. The first-order chi connectivity index (χ1) is 10.7. The van der Waals surface area contributed by atoms with E-state index in [1.807, 2.05) is 0 Å². The molecule has 2 aliphatic rings. The van der Waals surface area contributed by atoms with Gasteiger partial charge in [0.2, 0.25) is 0 Å². The van der Waals surface area contributed by atoms with Gasteiger partial charge in [-0.2, -0.15) is 0 Å². The third-order valence-electron chi connectivity index (χ3n) is 4.98. The standard InChI is InChI=1S/C16H20FN3O2/c17-12-2-4-15-14(7-12)16(18-22-15)20-6-5-19-8-11(10-21)1-3-13(19)9-20/h2,4,7,11,13,21H,1,3,5-6,8-10H2/t11-,13-/m0/s1. The van der Waals surface area contributed by atoms with Crippen molar-refractivity contribution in [2.75, 3.05) is 37.7 Å². The number of piperazine rings is 1. The van der Waals surface area contributed by atoms with E-state index in [2.05, 4.69) is 15.0 Å². The molecule has 22 heavy (non-hydrogen) atoms. The summed E-state index contributed by atoms with van der Waals surface area (Å²) in [5.74, 6) is 0.891. The van der Waals surface area contributed by atoms with Gasteiger partial charge < -0.3 is 14.5 Å². The molecule has 0 aliphatic carbocycles. The first kappa shape index (κ1) is 14.0. The minimum atomic E-state index is -0.265. The molecule has 4 rings (SSSR count). The zero-order chi connectivity index (χ0) is 15.1. The van der Waals surface area contributed by atoms with Crippen LogP contribution in [0, 0.1) is 11.7 Å². The molecule has 1 N–H and O–H groups in total. The highest BCUT2D eigenvalue weighted by molar-refractivity contribution is 5.88. The Balaban J connectivity index is 1.56. The molecule has 0 amide bonds. The molecule has 0 spiro atoms. The number of rotatable bonds is 2. The molecule has 2 aliphatic heterocycles. The maximum absolute atomic E-state index is 13.5. The molecular weight excluding hydrogens is 285 g/mol. The Kier molecular flexibility index (Phi) is 3.50. The van der Waals surface area contributed by atoms with E-state index in [4.69, 9.17) is 4.52 Å². The van der Waals surface area contributed by atoms with E-state index in [1.54, 1.807) is 6.07 Å². The third kappa shape index (κ3) is 2.36. The first-order valence-electron chi connectivity index (χ1n) is 7.89. The Morgan fingerprint density at radius 3 is 3.05 bits per heavy atom. The van der Waals surface area contributed by atoms with Crippen LogP contribution >= 0.6 is 0 Å². The van der Waals surface area contributed by atoms with E-state index in [9.17, 15) is 9.50 Å². The van der Waals surface area contributed by atoms with Crippen molar-refractivity contribution < 1.29 is 14.0 Å². The first-order valence-corrected chi connectivity index (χ1v) is 7.89. The van der Waals surface area contributed by atoms with Crippen molar-refractivity contribution in [2.24, 2.45) is 5.92 Å². The second-order valence-corrected chi connectivity index (χ2v) is 6.37. The highest BCUT2D eigenvalue weighted by atomic mass is 19.1. The highest BCUT2D eigenvalue weighted by Gasteiger charge is 2.33. The molecule has 1 aromatic heterocycles. The summed E-state index contributed by atoms with van der Waals surface area (Å²) in [6, 6.07) is 5.00. The van der Waals surface area contributed by atoms with Crippen molar-refractivity contribution >= 4 is 16.8 Å². The van der Waals surface area contributed by atoms with Crippen LogP contribution in [0.1, 0.15) is 12.8 Å². The maximum atomic E-state index is 13.5. The van der Waals surface area contributed by atoms with E-state index in [0.717, 1.165) is 50.2 Å². The van der Waals surface area contributed by atoms with Crippen LogP contribution in [0.5, 0.6) is 0 Å². The molecule has 0 radical (unpaired) electrons. The van der Waals surface area contributed by atoms with Crippen molar-refractivity contribution in [2.45, 2.75) is 18.9 Å². The molecule has 6 heteroatoms. The number of fused-ring (bicyclic) bond motifs is 2. The summed E-state index contributed by atoms with van der Waals surface area (Å²) >= 11 is 0. The molecule has 2 saturated heterocycles. The Morgan fingerprint density at radius 2 is 2.18 bits per heavy atom. The lowest BCUT2D eigenvalue weighted by Crippen LogP contribution is -2.57. The molecular formula is C16H20FN3O2. The summed E-state index contributed by atoms with van der Waals surface area (Å²) in [7, 11) is 0. The molecule has 118 valence electrons. The Labute approximate surface area is 128 Å². The molecule has 3 heterocycles. The zero-order valence-electron chi connectivity index (χ0n) is 12.4. The monoisotopic (exact) mass is 305 g/mol. The van der Waals surface area contributed by atoms with Gasteiger partial charge in [-0.05, 0) is 37.0 Å². The normalized spacial score (nSPS) is 26.4. The van der Waals surface area contributed by atoms with Gasteiger partial charge in [0.15, 0.2) is 11.4 Å². The molecule has 1 aromatic carbocycles. The smallest absolute Gasteiger partial charge is 0.180 e. The average Bonchev–Trinajstić information content (AvgIpc) is 2.96. The van der Waals surface area contributed by atoms with Gasteiger partial charge in [0, 0.05) is 38.8 Å². The molecule has 5 nitrogen and oxygen atoms in total. The van der Waals surface area contributed by atoms with Crippen LogP contribution in [0.3, 0.4) is 0 Å². The number of hydrogen-bond donors (Lipinski definition) is 1. The van der Waals surface area contributed by atoms with Crippen LogP contribution in [0.15, 0.2) is 22.7 Å². The summed E-state index contributed by atoms with van der Waals surface area (Å²) in [5.41, 5.74) is 0.628. The lowest BCUT2D eigenvalue weighted by atomic mass is 9.91. The Hall–Kier alpha value is -1.66. The molecule has 0 saturated carbocycles. The Bertz CT molecular complexity index is 674.